The summed E-state index contributed by atoms with van der Waals surface area (Å²) in [5.41, 5.74) is 2.49. The molecule has 2 N–H and O–H groups in total. The lowest BCUT2D eigenvalue weighted by Crippen LogP contribution is -2.41. The highest BCUT2D eigenvalue weighted by Gasteiger charge is 2.23. The van der Waals surface area contributed by atoms with Crippen LogP contribution >= 0.6 is 0 Å². The van der Waals surface area contributed by atoms with E-state index in [4.69, 9.17) is 13.9 Å². The van der Waals surface area contributed by atoms with Crippen LogP contribution in [0.25, 0.3) is 11.0 Å². The zero-order valence-corrected chi connectivity index (χ0v) is 14.8. The zero-order chi connectivity index (χ0) is 18.7. The molecule has 0 unspecified atom stereocenters. The summed E-state index contributed by atoms with van der Waals surface area (Å²) in [5, 5.41) is 0.560. The van der Waals surface area contributed by atoms with E-state index in [0.717, 1.165) is 0 Å². The highest BCUT2D eigenvalue weighted by Crippen LogP contribution is 2.34. The van der Waals surface area contributed by atoms with E-state index in [1.807, 2.05) is 4.83 Å². The normalized spacial score (nSPS) is 11.3. The molecule has 136 valence electrons. The van der Waals surface area contributed by atoms with Crippen molar-refractivity contribution < 1.29 is 27.1 Å². The second-order valence-corrected chi connectivity index (χ2v) is 6.88. The third-order valence-electron chi connectivity index (χ3n) is 3.61. The van der Waals surface area contributed by atoms with Crippen LogP contribution in [-0.2, 0) is 10.0 Å². The van der Waals surface area contributed by atoms with Crippen LogP contribution < -0.4 is 19.7 Å². The molecule has 0 fully saturated rings. The van der Waals surface area contributed by atoms with Gasteiger partial charge in [0.15, 0.2) is 5.75 Å². The molecular weight excluding hydrogens is 360 g/mol. The van der Waals surface area contributed by atoms with Crippen molar-refractivity contribution in [2.24, 2.45) is 0 Å². The van der Waals surface area contributed by atoms with Gasteiger partial charge in [0, 0.05) is 6.07 Å². The molecule has 0 atom stereocenters. The van der Waals surface area contributed by atoms with Gasteiger partial charge in [-0.05, 0) is 24.3 Å². The summed E-state index contributed by atoms with van der Waals surface area (Å²) in [6.07, 6.45) is 0. The predicted molar refractivity (Wildman–Crippen MR) is 93.5 cm³/mol. The summed E-state index contributed by atoms with van der Waals surface area (Å²) in [6, 6.07) is 12.6. The van der Waals surface area contributed by atoms with Gasteiger partial charge in [0.2, 0.25) is 5.76 Å². The topological polar surface area (TPSA) is 107 Å². The van der Waals surface area contributed by atoms with Crippen molar-refractivity contribution in [1.82, 2.24) is 10.3 Å². The van der Waals surface area contributed by atoms with E-state index in [0.29, 0.717) is 16.7 Å². The van der Waals surface area contributed by atoms with Gasteiger partial charge in [-0.3, -0.25) is 10.2 Å². The molecule has 0 saturated heterocycles. The molecule has 3 rings (SSSR count). The Morgan fingerprint density at radius 2 is 1.77 bits per heavy atom. The van der Waals surface area contributed by atoms with E-state index >= 15 is 0 Å². The number of hydrogen-bond acceptors (Lipinski definition) is 6. The molecule has 1 amide bonds. The highest BCUT2D eigenvalue weighted by molar-refractivity contribution is 7.89. The summed E-state index contributed by atoms with van der Waals surface area (Å²) >= 11 is 0. The number of nitrogens with one attached hydrogen (secondary N) is 2. The minimum atomic E-state index is -3.91. The monoisotopic (exact) mass is 376 g/mol. The van der Waals surface area contributed by atoms with Crippen LogP contribution in [0.1, 0.15) is 10.6 Å². The zero-order valence-electron chi connectivity index (χ0n) is 14.0. The molecule has 1 heterocycles. The summed E-state index contributed by atoms with van der Waals surface area (Å²) in [6.45, 7) is 0. The van der Waals surface area contributed by atoms with Crippen LogP contribution in [0.4, 0.5) is 0 Å². The molecule has 8 nitrogen and oxygen atoms in total. The molecule has 2 aromatic carbocycles. The van der Waals surface area contributed by atoms with Crippen LogP contribution in [0.3, 0.4) is 0 Å². The maximum absolute atomic E-state index is 12.4. The fourth-order valence-electron chi connectivity index (χ4n) is 2.36. The van der Waals surface area contributed by atoms with Crippen molar-refractivity contribution in [3.05, 3.63) is 54.3 Å². The number of rotatable bonds is 6. The van der Waals surface area contributed by atoms with Crippen LogP contribution in [0.2, 0.25) is 0 Å². The number of benzene rings is 2. The number of hydrogen-bond donors (Lipinski definition) is 2. The first-order chi connectivity index (χ1) is 12.5. The predicted octanol–water partition coefficient (Wildman–Crippen LogP) is 2.07. The Labute approximate surface area is 149 Å². The number of carbonyl (C=O) groups is 1. The minimum absolute atomic E-state index is 0.0154. The van der Waals surface area contributed by atoms with Crippen molar-refractivity contribution in [2.75, 3.05) is 14.2 Å². The SMILES string of the molecule is COc1ccc2c(OC)c(C(=O)NNS(=O)(=O)c3ccccc3)oc2c1. The fraction of sp³-hybridized carbons (Fsp3) is 0.118. The summed E-state index contributed by atoms with van der Waals surface area (Å²) in [4.78, 5) is 14.4. The van der Waals surface area contributed by atoms with Gasteiger partial charge >= 0.3 is 5.91 Å². The Balaban J connectivity index is 1.86. The number of fused-ring (bicyclic) bond motifs is 1. The molecule has 26 heavy (non-hydrogen) atoms. The Kier molecular flexibility index (Phi) is 4.83. The smallest absolute Gasteiger partial charge is 0.305 e. The summed E-state index contributed by atoms with van der Waals surface area (Å²) in [7, 11) is -1.01. The molecule has 3 aromatic rings. The van der Waals surface area contributed by atoms with Crippen LogP contribution in [-0.4, -0.2) is 28.5 Å². The van der Waals surface area contributed by atoms with Gasteiger partial charge in [-0.25, -0.2) is 8.42 Å². The average Bonchev–Trinajstić information content (AvgIpc) is 3.04. The number of methoxy groups -OCH3 is 2. The Hall–Kier alpha value is -3.04. The lowest BCUT2D eigenvalue weighted by Gasteiger charge is -2.07. The average molecular weight is 376 g/mol. The molecule has 0 bridgehead atoms. The van der Waals surface area contributed by atoms with Gasteiger partial charge < -0.3 is 13.9 Å². The molecule has 9 heteroatoms. The first kappa shape index (κ1) is 17.8. The van der Waals surface area contributed by atoms with Gasteiger partial charge in [-0.15, -0.1) is 4.83 Å². The van der Waals surface area contributed by atoms with Crippen molar-refractivity contribution in [1.29, 1.82) is 0 Å². The lowest BCUT2D eigenvalue weighted by molar-refractivity contribution is 0.0915. The highest BCUT2D eigenvalue weighted by atomic mass is 32.2. The number of hydrazine groups is 1. The van der Waals surface area contributed by atoms with E-state index in [2.05, 4.69) is 5.43 Å². The number of carbonyl (C=O) groups excluding carboxylic acids is 1. The standard InChI is InChI=1S/C17H16N2O6S/c1-23-11-8-9-13-14(10-11)25-16(15(13)24-2)17(20)18-19-26(21,22)12-6-4-3-5-7-12/h3-10,19H,1-2H3,(H,18,20). The second-order valence-electron chi connectivity index (χ2n) is 5.20. The maximum Gasteiger partial charge on any atom is 0.305 e. The third-order valence-corrected chi connectivity index (χ3v) is 4.88. The quantitative estimate of drug-likeness (QED) is 0.638. The van der Waals surface area contributed by atoms with Crippen molar-refractivity contribution in [3.8, 4) is 11.5 Å². The van der Waals surface area contributed by atoms with Crippen molar-refractivity contribution in [2.45, 2.75) is 4.90 Å². The molecule has 0 aliphatic carbocycles. The first-order valence-corrected chi connectivity index (χ1v) is 8.96. The van der Waals surface area contributed by atoms with Gasteiger partial charge in [0.05, 0.1) is 24.5 Å². The summed E-state index contributed by atoms with van der Waals surface area (Å²) in [5.74, 6) is -0.215. The minimum Gasteiger partial charge on any atom is -0.497 e. The molecule has 0 saturated carbocycles. The molecule has 1 aromatic heterocycles. The van der Waals surface area contributed by atoms with Gasteiger partial charge in [0.1, 0.15) is 11.3 Å². The van der Waals surface area contributed by atoms with Crippen LogP contribution in [0.5, 0.6) is 11.5 Å². The Morgan fingerprint density at radius 1 is 1.04 bits per heavy atom. The van der Waals surface area contributed by atoms with Gasteiger partial charge in [-0.2, -0.15) is 0 Å². The largest absolute Gasteiger partial charge is 0.497 e. The number of amides is 1. The number of furan rings is 1. The van der Waals surface area contributed by atoms with Crippen LogP contribution in [0.15, 0.2) is 57.8 Å². The molecule has 0 spiro atoms. The van der Waals surface area contributed by atoms with E-state index in [1.165, 1.54) is 26.4 Å². The Morgan fingerprint density at radius 3 is 2.42 bits per heavy atom. The van der Waals surface area contributed by atoms with Crippen LogP contribution in [0, 0.1) is 0 Å². The fourth-order valence-corrected chi connectivity index (χ4v) is 3.22. The van der Waals surface area contributed by atoms with Gasteiger partial charge in [0.25, 0.3) is 10.0 Å². The molecule has 0 radical (unpaired) electrons. The van der Waals surface area contributed by atoms with E-state index < -0.39 is 15.9 Å². The second kappa shape index (κ2) is 7.06. The molecular formula is C17H16N2O6S. The lowest BCUT2D eigenvalue weighted by atomic mass is 10.2. The maximum atomic E-state index is 12.4. The number of sulfonamides is 1. The molecule has 0 aliphatic heterocycles. The van der Waals surface area contributed by atoms with Crippen molar-refractivity contribution >= 4 is 26.9 Å². The van der Waals surface area contributed by atoms with E-state index in [-0.39, 0.29) is 16.4 Å². The third kappa shape index (κ3) is 3.35. The van der Waals surface area contributed by atoms with E-state index in [1.54, 1.807) is 36.4 Å². The number of ether oxygens (including phenoxy) is 2. The first-order valence-electron chi connectivity index (χ1n) is 7.48. The van der Waals surface area contributed by atoms with E-state index in [9.17, 15) is 13.2 Å². The summed E-state index contributed by atoms with van der Waals surface area (Å²) < 4.78 is 40.2. The van der Waals surface area contributed by atoms with Gasteiger partial charge in [-0.1, -0.05) is 18.2 Å². The Bertz CT molecular complexity index is 1040. The molecule has 0 aliphatic rings. The van der Waals surface area contributed by atoms with Crippen molar-refractivity contribution in [3.63, 3.8) is 0 Å².